The molecule has 0 atom stereocenters. The Labute approximate surface area is 233 Å². The van der Waals surface area contributed by atoms with Gasteiger partial charge in [0, 0.05) is 20.6 Å². The summed E-state index contributed by atoms with van der Waals surface area (Å²) in [6.07, 6.45) is 0. The van der Waals surface area contributed by atoms with Gasteiger partial charge in [-0.1, -0.05) is 100 Å². The molecule has 0 saturated carbocycles. The Bertz CT molecular complexity index is 1620. The zero-order valence-electron chi connectivity index (χ0n) is 20.3. The minimum atomic E-state index is -0.797. The van der Waals surface area contributed by atoms with Crippen LogP contribution < -0.4 is 0 Å². The lowest BCUT2D eigenvalue weighted by Crippen LogP contribution is -2.15. The molecule has 0 spiro atoms. The number of hydrogen-bond acceptors (Lipinski definition) is 5. The van der Waals surface area contributed by atoms with Crippen molar-refractivity contribution in [2.24, 2.45) is 0 Å². The van der Waals surface area contributed by atoms with Gasteiger partial charge in [-0.05, 0) is 47.9 Å². The first kappa shape index (κ1) is 25.6. The van der Waals surface area contributed by atoms with Gasteiger partial charge in [0.05, 0.1) is 5.69 Å². The minimum absolute atomic E-state index is 0.160. The molecular formula is C30H21BrClN3O3. The number of ether oxygens (including phenoxy) is 1. The van der Waals surface area contributed by atoms with Gasteiger partial charge in [0.15, 0.2) is 18.2 Å². The lowest BCUT2D eigenvalue weighted by Gasteiger charge is -2.07. The van der Waals surface area contributed by atoms with E-state index in [0.29, 0.717) is 22.1 Å². The van der Waals surface area contributed by atoms with Crippen LogP contribution in [0, 0.1) is 6.92 Å². The molecule has 0 bridgehead atoms. The van der Waals surface area contributed by atoms with Crippen molar-refractivity contribution in [3.05, 3.63) is 124 Å². The summed E-state index contributed by atoms with van der Waals surface area (Å²) in [5, 5.41) is 4.96. The number of hydrogen-bond donors (Lipinski definition) is 0. The molecule has 0 aliphatic rings. The van der Waals surface area contributed by atoms with Gasteiger partial charge in [-0.2, -0.15) is 0 Å². The van der Waals surface area contributed by atoms with E-state index in [9.17, 15) is 9.59 Å². The summed E-state index contributed by atoms with van der Waals surface area (Å²) >= 11 is 9.77. The number of ketones is 1. The topological polar surface area (TPSA) is 74.1 Å². The van der Waals surface area contributed by atoms with E-state index in [-0.39, 0.29) is 11.6 Å². The summed E-state index contributed by atoms with van der Waals surface area (Å²) in [7, 11) is 0. The Hall–Kier alpha value is -4.07. The molecule has 1 aromatic heterocycles. The Kier molecular flexibility index (Phi) is 7.49. The lowest BCUT2D eigenvalue weighted by molar-refractivity contribution is 0.0462. The Morgan fingerprint density at radius 2 is 1.53 bits per heavy atom. The molecule has 0 radical (unpaired) electrons. The number of carbonyl (C=O) groups is 2. The zero-order chi connectivity index (χ0) is 26.6. The third-order valence-electron chi connectivity index (χ3n) is 5.94. The van der Waals surface area contributed by atoms with E-state index < -0.39 is 12.6 Å². The number of nitrogens with zero attached hydrogens (tertiary/aromatic N) is 3. The SMILES string of the molecule is Cc1ccc(-n2nc(C(=O)OCC(=O)c3ccc(-c4ccccc4)cc3)nc2-c2ccc(Br)cc2)cc1Cl. The summed E-state index contributed by atoms with van der Waals surface area (Å²) in [6, 6.07) is 30.0. The summed E-state index contributed by atoms with van der Waals surface area (Å²) < 4.78 is 7.74. The molecule has 0 fully saturated rings. The highest BCUT2D eigenvalue weighted by atomic mass is 79.9. The third kappa shape index (κ3) is 5.59. The normalized spacial score (nSPS) is 10.8. The van der Waals surface area contributed by atoms with E-state index in [1.807, 2.05) is 85.8 Å². The summed E-state index contributed by atoms with van der Waals surface area (Å²) in [5.41, 5.74) is 4.78. The number of rotatable bonds is 7. The molecule has 0 aliphatic carbocycles. The highest BCUT2D eigenvalue weighted by molar-refractivity contribution is 9.10. The van der Waals surface area contributed by atoms with Crippen LogP contribution >= 0.6 is 27.5 Å². The second kappa shape index (κ2) is 11.1. The van der Waals surface area contributed by atoms with Crippen molar-refractivity contribution in [3.8, 4) is 28.2 Å². The second-order valence-electron chi connectivity index (χ2n) is 8.55. The molecule has 0 N–H and O–H groups in total. The van der Waals surface area contributed by atoms with E-state index in [0.717, 1.165) is 26.7 Å². The van der Waals surface area contributed by atoms with E-state index >= 15 is 0 Å². The third-order valence-corrected chi connectivity index (χ3v) is 6.88. The van der Waals surface area contributed by atoms with Crippen molar-refractivity contribution in [2.45, 2.75) is 6.92 Å². The van der Waals surface area contributed by atoms with E-state index in [1.165, 1.54) is 4.68 Å². The van der Waals surface area contributed by atoms with Gasteiger partial charge in [0.2, 0.25) is 0 Å². The Morgan fingerprint density at radius 3 is 2.21 bits per heavy atom. The molecule has 0 saturated heterocycles. The number of Topliss-reactive ketones (excluding diaryl/α,β-unsaturated/α-hetero) is 1. The first-order chi connectivity index (χ1) is 18.4. The highest BCUT2D eigenvalue weighted by Crippen LogP contribution is 2.26. The number of esters is 1. The van der Waals surface area contributed by atoms with Gasteiger partial charge < -0.3 is 4.74 Å². The molecule has 1 heterocycles. The second-order valence-corrected chi connectivity index (χ2v) is 9.88. The number of aromatic nitrogens is 3. The first-order valence-corrected chi connectivity index (χ1v) is 12.9. The molecule has 4 aromatic carbocycles. The summed E-state index contributed by atoms with van der Waals surface area (Å²) in [5.74, 6) is -0.843. The average molecular weight is 587 g/mol. The molecule has 0 amide bonds. The molecular weight excluding hydrogens is 566 g/mol. The monoisotopic (exact) mass is 585 g/mol. The van der Waals surface area contributed by atoms with Crippen LogP contribution in [0.5, 0.6) is 0 Å². The van der Waals surface area contributed by atoms with Gasteiger partial charge >= 0.3 is 5.97 Å². The number of halogens is 2. The zero-order valence-corrected chi connectivity index (χ0v) is 22.6. The molecule has 8 heteroatoms. The fraction of sp³-hybridized carbons (Fsp3) is 0.0667. The quantitative estimate of drug-likeness (QED) is 0.147. The van der Waals surface area contributed by atoms with Crippen molar-refractivity contribution in [3.63, 3.8) is 0 Å². The molecule has 0 aliphatic heterocycles. The van der Waals surface area contributed by atoms with Crippen molar-refractivity contribution in [1.82, 2.24) is 14.8 Å². The summed E-state index contributed by atoms with van der Waals surface area (Å²) in [6.45, 7) is 1.47. The van der Waals surface area contributed by atoms with E-state index in [2.05, 4.69) is 26.0 Å². The number of aryl methyl sites for hydroxylation is 1. The van der Waals surface area contributed by atoms with Gasteiger partial charge in [0.1, 0.15) is 0 Å². The van der Waals surface area contributed by atoms with Gasteiger partial charge in [-0.15, -0.1) is 5.10 Å². The molecule has 188 valence electrons. The highest BCUT2D eigenvalue weighted by Gasteiger charge is 2.21. The predicted molar refractivity (Wildman–Crippen MR) is 151 cm³/mol. The lowest BCUT2D eigenvalue weighted by atomic mass is 10.0. The van der Waals surface area contributed by atoms with E-state index in [4.69, 9.17) is 16.3 Å². The van der Waals surface area contributed by atoms with Crippen LogP contribution in [0.4, 0.5) is 0 Å². The molecule has 38 heavy (non-hydrogen) atoms. The first-order valence-electron chi connectivity index (χ1n) is 11.7. The standard InChI is InChI=1S/C30H21BrClN3O3/c1-19-7-16-25(17-26(19)32)35-29(23-12-14-24(31)15-13-23)33-28(34-35)30(37)38-18-27(36)22-10-8-21(9-11-22)20-5-3-2-4-6-20/h2-17H,18H2,1H3. The van der Waals surface area contributed by atoms with Gasteiger partial charge in [-0.25, -0.2) is 14.5 Å². The predicted octanol–water partition coefficient (Wildman–Crippen LogP) is 7.37. The maximum absolute atomic E-state index is 12.9. The van der Waals surface area contributed by atoms with Crippen molar-refractivity contribution in [2.75, 3.05) is 6.61 Å². The Balaban J connectivity index is 1.35. The fourth-order valence-electron chi connectivity index (χ4n) is 3.84. The van der Waals surface area contributed by atoms with Crippen LogP contribution in [0.3, 0.4) is 0 Å². The van der Waals surface area contributed by atoms with Gasteiger partial charge in [0.25, 0.3) is 5.82 Å². The Morgan fingerprint density at radius 1 is 0.868 bits per heavy atom. The number of benzene rings is 4. The van der Waals surface area contributed by atoms with Crippen LogP contribution in [0.2, 0.25) is 5.02 Å². The molecule has 6 nitrogen and oxygen atoms in total. The van der Waals surface area contributed by atoms with Crippen molar-refractivity contribution < 1.29 is 14.3 Å². The van der Waals surface area contributed by atoms with Crippen LogP contribution in [-0.4, -0.2) is 33.1 Å². The summed E-state index contributed by atoms with van der Waals surface area (Å²) in [4.78, 5) is 30.0. The van der Waals surface area contributed by atoms with Crippen LogP contribution in [-0.2, 0) is 4.74 Å². The van der Waals surface area contributed by atoms with Crippen LogP contribution in [0.25, 0.3) is 28.2 Å². The largest absolute Gasteiger partial charge is 0.451 e. The molecule has 5 aromatic rings. The van der Waals surface area contributed by atoms with E-state index in [1.54, 1.807) is 18.2 Å². The van der Waals surface area contributed by atoms with Crippen LogP contribution in [0.15, 0.2) is 102 Å². The maximum atomic E-state index is 12.9. The fourth-order valence-corrected chi connectivity index (χ4v) is 4.28. The van der Waals surface area contributed by atoms with Gasteiger partial charge in [-0.3, -0.25) is 4.79 Å². The van der Waals surface area contributed by atoms with Crippen molar-refractivity contribution in [1.29, 1.82) is 0 Å². The maximum Gasteiger partial charge on any atom is 0.378 e. The molecule has 5 rings (SSSR count). The smallest absolute Gasteiger partial charge is 0.378 e. The minimum Gasteiger partial charge on any atom is -0.451 e. The van der Waals surface area contributed by atoms with Crippen LogP contribution in [0.1, 0.15) is 26.5 Å². The van der Waals surface area contributed by atoms with Crippen molar-refractivity contribution >= 4 is 39.3 Å². The average Bonchev–Trinajstić information content (AvgIpc) is 3.40. The number of carbonyl (C=O) groups excluding carboxylic acids is 2. The molecule has 0 unspecified atom stereocenters.